The van der Waals surface area contributed by atoms with Crippen molar-refractivity contribution in [3.05, 3.63) is 30.1 Å². The van der Waals surface area contributed by atoms with Gasteiger partial charge in [0.15, 0.2) is 5.96 Å². The Hall–Kier alpha value is -1.38. The molecule has 0 atom stereocenters. The Labute approximate surface area is 179 Å². The van der Waals surface area contributed by atoms with Crippen LogP contribution in [0, 0.1) is 5.41 Å². The molecule has 2 N–H and O–H groups in total. The molecule has 0 bridgehead atoms. The second-order valence-electron chi connectivity index (χ2n) is 7.47. The number of guanidine groups is 1. The summed E-state index contributed by atoms with van der Waals surface area (Å²) in [6, 6.07) is 3.54. The molecule has 1 spiro atoms. The first-order valence-electron chi connectivity index (χ1n) is 9.94. The number of nitrogens with zero attached hydrogens (tertiary/aromatic N) is 3. The summed E-state index contributed by atoms with van der Waals surface area (Å²) in [7, 11) is 0. The van der Waals surface area contributed by atoms with Crippen molar-refractivity contribution in [1.82, 2.24) is 20.5 Å². The third kappa shape index (κ3) is 6.05. The van der Waals surface area contributed by atoms with Crippen LogP contribution < -0.4 is 10.6 Å². The summed E-state index contributed by atoms with van der Waals surface area (Å²) in [5, 5.41) is 6.33. The number of carbonyl (C=O) groups is 1. The van der Waals surface area contributed by atoms with E-state index in [9.17, 15) is 4.79 Å². The molecular formula is C20H32IN5O. The van der Waals surface area contributed by atoms with Gasteiger partial charge in [-0.05, 0) is 43.7 Å². The first kappa shape index (κ1) is 21.9. The topological polar surface area (TPSA) is 69.6 Å². The Kier molecular flexibility index (Phi) is 8.79. The van der Waals surface area contributed by atoms with E-state index in [0.717, 1.165) is 25.6 Å². The van der Waals surface area contributed by atoms with E-state index in [1.54, 1.807) is 24.5 Å². The molecule has 2 aliphatic rings. The van der Waals surface area contributed by atoms with Crippen molar-refractivity contribution < 1.29 is 4.79 Å². The number of aliphatic imine (C=N–C) groups is 1. The molecule has 0 aromatic carbocycles. The third-order valence-electron chi connectivity index (χ3n) is 5.57. The fraction of sp³-hybridized carbons (Fsp3) is 0.650. The molecule has 3 rings (SSSR count). The molecule has 27 heavy (non-hydrogen) atoms. The number of likely N-dealkylation sites (tertiary alicyclic amines) is 1. The minimum atomic E-state index is -0.0966. The van der Waals surface area contributed by atoms with Crippen LogP contribution in [0.15, 0.2) is 29.5 Å². The van der Waals surface area contributed by atoms with Crippen LogP contribution in [0.5, 0.6) is 0 Å². The van der Waals surface area contributed by atoms with Gasteiger partial charge in [-0.15, -0.1) is 24.0 Å². The Bertz CT molecular complexity index is 616. The van der Waals surface area contributed by atoms with E-state index < -0.39 is 0 Å². The molecule has 7 heteroatoms. The zero-order chi connectivity index (χ0) is 18.2. The zero-order valence-corrected chi connectivity index (χ0v) is 18.6. The number of aromatic nitrogens is 1. The lowest BCUT2D eigenvalue weighted by Crippen LogP contribution is -2.42. The summed E-state index contributed by atoms with van der Waals surface area (Å²) in [6.07, 6.45) is 11.4. The first-order chi connectivity index (χ1) is 12.7. The average molecular weight is 485 g/mol. The maximum atomic E-state index is 12.0. The van der Waals surface area contributed by atoms with E-state index in [2.05, 4.69) is 27.4 Å². The van der Waals surface area contributed by atoms with Gasteiger partial charge in [0.05, 0.1) is 12.1 Å². The van der Waals surface area contributed by atoms with Crippen LogP contribution in [0.4, 0.5) is 0 Å². The quantitative estimate of drug-likeness (QED) is 0.291. The Morgan fingerprint density at radius 2 is 2.07 bits per heavy atom. The largest absolute Gasteiger partial charge is 0.357 e. The van der Waals surface area contributed by atoms with E-state index in [-0.39, 0.29) is 29.9 Å². The van der Waals surface area contributed by atoms with Crippen molar-refractivity contribution >= 4 is 35.8 Å². The number of pyridine rings is 1. The van der Waals surface area contributed by atoms with Crippen LogP contribution in [0.1, 0.15) is 55.8 Å². The van der Waals surface area contributed by atoms with Gasteiger partial charge in [-0.25, -0.2) is 0 Å². The highest BCUT2D eigenvalue weighted by Gasteiger charge is 2.39. The molecule has 0 radical (unpaired) electrons. The molecule has 2 fully saturated rings. The fourth-order valence-corrected chi connectivity index (χ4v) is 4.18. The lowest BCUT2D eigenvalue weighted by Gasteiger charge is -2.33. The van der Waals surface area contributed by atoms with E-state index >= 15 is 0 Å². The lowest BCUT2D eigenvalue weighted by molar-refractivity contribution is 0.0954. The Morgan fingerprint density at radius 1 is 1.26 bits per heavy atom. The van der Waals surface area contributed by atoms with Gasteiger partial charge in [0, 0.05) is 38.6 Å². The number of carbonyl (C=O) groups excluding carboxylic acids is 1. The number of amides is 1. The van der Waals surface area contributed by atoms with Crippen molar-refractivity contribution in [3.8, 4) is 0 Å². The van der Waals surface area contributed by atoms with Gasteiger partial charge in [-0.1, -0.05) is 19.3 Å². The molecule has 1 saturated heterocycles. The smallest absolute Gasteiger partial charge is 0.252 e. The van der Waals surface area contributed by atoms with E-state index in [4.69, 9.17) is 4.99 Å². The highest BCUT2D eigenvalue weighted by molar-refractivity contribution is 14.0. The van der Waals surface area contributed by atoms with Gasteiger partial charge in [-0.3, -0.25) is 14.8 Å². The maximum Gasteiger partial charge on any atom is 0.252 e. The minimum absolute atomic E-state index is 0. The second-order valence-corrected chi connectivity index (χ2v) is 7.47. The highest BCUT2D eigenvalue weighted by atomic mass is 127. The maximum absolute atomic E-state index is 12.0. The Morgan fingerprint density at radius 3 is 2.78 bits per heavy atom. The molecule has 0 unspecified atom stereocenters. The number of hydrogen-bond acceptors (Lipinski definition) is 3. The van der Waals surface area contributed by atoms with Gasteiger partial charge in [-0.2, -0.15) is 0 Å². The van der Waals surface area contributed by atoms with Crippen molar-refractivity contribution in [2.45, 2.75) is 45.4 Å². The summed E-state index contributed by atoms with van der Waals surface area (Å²) in [4.78, 5) is 23.2. The predicted octanol–water partition coefficient (Wildman–Crippen LogP) is 3.05. The van der Waals surface area contributed by atoms with Crippen LogP contribution in [0.25, 0.3) is 0 Å². The molecule has 1 aromatic heterocycles. The Balaban J connectivity index is 0.00000261. The average Bonchev–Trinajstić information content (AvgIpc) is 3.08. The van der Waals surface area contributed by atoms with Crippen molar-refractivity contribution in [3.63, 3.8) is 0 Å². The molecule has 1 amide bonds. The molecule has 1 aliphatic carbocycles. The fourth-order valence-electron chi connectivity index (χ4n) is 4.18. The van der Waals surface area contributed by atoms with Gasteiger partial charge in [0.2, 0.25) is 0 Å². The van der Waals surface area contributed by atoms with Crippen LogP contribution in [-0.2, 0) is 0 Å². The van der Waals surface area contributed by atoms with Crippen molar-refractivity contribution in [2.75, 3.05) is 32.7 Å². The monoisotopic (exact) mass is 485 g/mol. The minimum Gasteiger partial charge on any atom is -0.357 e. The summed E-state index contributed by atoms with van der Waals surface area (Å²) in [5.74, 6) is 0.895. The molecule has 1 aromatic rings. The predicted molar refractivity (Wildman–Crippen MR) is 120 cm³/mol. The van der Waals surface area contributed by atoms with Gasteiger partial charge < -0.3 is 15.5 Å². The number of nitrogens with one attached hydrogen (secondary N) is 2. The second kappa shape index (κ2) is 10.8. The normalized spacial score (nSPS) is 18.9. The van der Waals surface area contributed by atoms with E-state index in [1.807, 2.05) is 0 Å². The summed E-state index contributed by atoms with van der Waals surface area (Å²) >= 11 is 0. The third-order valence-corrected chi connectivity index (χ3v) is 5.57. The molecule has 6 nitrogen and oxygen atoms in total. The van der Waals surface area contributed by atoms with Crippen LogP contribution in [-0.4, -0.2) is 54.5 Å². The summed E-state index contributed by atoms with van der Waals surface area (Å²) in [5.41, 5.74) is 1.10. The van der Waals surface area contributed by atoms with Crippen LogP contribution in [0.2, 0.25) is 0 Å². The summed E-state index contributed by atoms with van der Waals surface area (Å²) in [6.45, 7) is 6.30. The van der Waals surface area contributed by atoms with Gasteiger partial charge in [0.1, 0.15) is 0 Å². The number of halogens is 1. The zero-order valence-electron chi connectivity index (χ0n) is 16.2. The molecule has 2 heterocycles. The molecule has 1 aliphatic heterocycles. The molecule has 1 saturated carbocycles. The summed E-state index contributed by atoms with van der Waals surface area (Å²) < 4.78 is 0. The number of hydrogen-bond donors (Lipinski definition) is 2. The van der Waals surface area contributed by atoms with Gasteiger partial charge >= 0.3 is 0 Å². The SMILES string of the molecule is CCNC(=NCCNC(=O)c1cccnc1)N1CCC2(CCCCC2)C1.I. The highest BCUT2D eigenvalue weighted by Crippen LogP contribution is 2.43. The van der Waals surface area contributed by atoms with Crippen molar-refractivity contribution in [1.29, 1.82) is 0 Å². The van der Waals surface area contributed by atoms with Crippen molar-refractivity contribution in [2.24, 2.45) is 10.4 Å². The van der Waals surface area contributed by atoms with E-state index in [0.29, 0.717) is 24.1 Å². The van der Waals surface area contributed by atoms with Gasteiger partial charge in [0.25, 0.3) is 5.91 Å². The molecular weight excluding hydrogens is 453 g/mol. The van der Waals surface area contributed by atoms with E-state index in [1.165, 1.54) is 38.5 Å². The van der Waals surface area contributed by atoms with Crippen LogP contribution in [0.3, 0.4) is 0 Å². The molecule has 150 valence electrons. The first-order valence-corrected chi connectivity index (χ1v) is 9.94. The number of rotatable bonds is 5. The lowest BCUT2D eigenvalue weighted by atomic mass is 9.73. The standard InChI is InChI=1S/C20H31N5O.HI/c1-2-22-19(25-14-10-20(16-25)8-4-3-5-9-20)24-13-12-23-18(26)17-7-6-11-21-15-17;/h6-7,11,15H,2-5,8-10,12-14,16H2,1H3,(H,22,24)(H,23,26);1H. The van der Waals surface area contributed by atoms with Crippen LogP contribution >= 0.6 is 24.0 Å².